The summed E-state index contributed by atoms with van der Waals surface area (Å²) in [4.78, 5) is -0.187. The lowest BCUT2D eigenvalue weighted by Crippen LogP contribution is -2.13. The molecule has 2 heterocycles. The molecule has 1 aliphatic rings. The first-order valence-corrected chi connectivity index (χ1v) is 8.46. The van der Waals surface area contributed by atoms with Gasteiger partial charge in [0.15, 0.2) is 11.6 Å². The van der Waals surface area contributed by atoms with Crippen LogP contribution in [0.2, 0.25) is 0 Å². The maximum absolute atomic E-state index is 13.7. The molecule has 7 nitrogen and oxygen atoms in total. The van der Waals surface area contributed by atoms with Gasteiger partial charge in [-0.3, -0.25) is 9.40 Å². The summed E-state index contributed by atoms with van der Waals surface area (Å²) in [6.07, 6.45) is 3.84. The molecule has 1 aromatic carbocycles. The van der Waals surface area contributed by atoms with Crippen molar-refractivity contribution >= 4 is 15.7 Å². The van der Waals surface area contributed by atoms with E-state index < -0.39 is 15.8 Å². The molecule has 1 aliphatic heterocycles. The molecule has 1 N–H and O–H groups in total. The van der Waals surface area contributed by atoms with Gasteiger partial charge in [-0.25, -0.2) is 12.8 Å². The lowest BCUT2D eigenvalue weighted by atomic mass is 10.3. The van der Waals surface area contributed by atoms with E-state index in [9.17, 15) is 12.8 Å². The molecular weight excluding hydrogens is 325 g/mol. The number of hydrogen-bond donors (Lipinski definition) is 1. The van der Waals surface area contributed by atoms with Crippen LogP contribution in [0.5, 0.6) is 5.75 Å². The third kappa shape index (κ3) is 3.30. The number of ether oxygens (including phenoxy) is 2. The fourth-order valence-corrected chi connectivity index (χ4v) is 3.39. The third-order valence-corrected chi connectivity index (χ3v) is 4.95. The van der Waals surface area contributed by atoms with Crippen LogP contribution in [0, 0.1) is 5.82 Å². The van der Waals surface area contributed by atoms with E-state index in [-0.39, 0.29) is 16.7 Å². The summed E-state index contributed by atoms with van der Waals surface area (Å²) < 4.78 is 52.4. The standard InChI is InChI=1S/C14H16FN3O4S/c1-21-14-3-2-12(6-13(14)15)23(19,20)17-10-7-16-18(8-10)11-4-5-22-9-11/h2-3,6-8,11,17H,4-5,9H2,1H3/t11-/m0/s1. The first kappa shape index (κ1) is 15.8. The average Bonchev–Trinajstić information content (AvgIpc) is 3.17. The van der Waals surface area contributed by atoms with Crippen molar-refractivity contribution in [3.8, 4) is 5.75 Å². The van der Waals surface area contributed by atoms with Gasteiger partial charge in [-0.1, -0.05) is 0 Å². The van der Waals surface area contributed by atoms with Crippen LogP contribution in [0.25, 0.3) is 0 Å². The zero-order valence-electron chi connectivity index (χ0n) is 12.4. The molecule has 0 unspecified atom stereocenters. The molecule has 0 bridgehead atoms. The Morgan fingerprint density at radius 3 is 2.96 bits per heavy atom. The predicted molar refractivity (Wildman–Crippen MR) is 80.5 cm³/mol. The van der Waals surface area contributed by atoms with Gasteiger partial charge in [0, 0.05) is 12.8 Å². The highest BCUT2D eigenvalue weighted by atomic mass is 32.2. The Morgan fingerprint density at radius 1 is 1.48 bits per heavy atom. The van der Waals surface area contributed by atoms with E-state index in [1.54, 1.807) is 10.9 Å². The third-order valence-electron chi connectivity index (χ3n) is 3.57. The van der Waals surface area contributed by atoms with Crippen LogP contribution in [0.3, 0.4) is 0 Å². The molecular formula is C14H16FN3O4S. The smallest absolute Gasteiger partial charge is 0.262 e. The summed E-state index contributed by atoms with van der Waals surface area (Å²) in [7, 11) is -2.59. The second kappa shape index (κ2) is 6.17. The second-order valence-corrected chi connectivity index (χ2v) is 6.81. The maximum atomic E-state index is 13.7. The Hall–Kier alpha value is -2.13. The van der Waals surface area contributed by atoms with Crippen molar-refractivity contribution in [3.63, 3.8) is 0 Å². The quantitative estimate of drug-likeness (QED) is 0.897. The van der Waals surface area contributed by atoms with Gasteiger partial charge < -0.3 is 9.47 Å². The molecule has 1 aromatic heterocycles. The largest absolute Gasteiger partial charge is 0.494 e. The van der Waals surface area contributed by atoms with Gasteiger partial charge in [-0.05, 0) is 24.6 Å². The normalized spacial score (nSPS) is 18.1. The van der Waals surface area contributed by atoms with E-state index in [2.05, 4.69) is 9.82 Å². The Morgan fingerprint density at radius 2 is 2.30 bits per heavy atom. The molecule has 1 saturated heterocycles. The Bertz CT molecular complexity index is 800. The number of nitrogens with zero attached hydrogens (tertiary/aromatic N) is 2. The van der Waals surface area contributed by atoms with Crippen LogP contribution in [-0.4, -0.2) is 38.5 Å². The highest BCUT2D eigenvalue weighted by molar-refractivity contribution is 7.92. The van der Waals surface area contributed by atoms with Crippen LogP contribution < -0.4 is 9.46 Å². The molecule has 0 radical (unpaired) electrons. The lowest BCUT2D eigenvalue weighted by molar-refractivity contribution is 0.184. The van der Waals surface area contributed by atoms with Crippen molar-refractivity contribution in [1.29, 1.82) is 0 Å². The minimum Gasteiger partial charge on any atom is -0.494 e. The molecule has 0 aliphatic carbocycles. The molecule has 23 heavy (non-hydrogen) atoms. The maximum Gasteiger partial charge on any atom is 0.262 e. The summed E-state index contributed by atoms with van der Waals surface area (Å²) in [5.74, 6) is -0.757. The summed E-state index contributed by atoms with van der Waals surface area (Å²) >= 11 is 0. The van der Waals surface area contributed by atoms with Crippen molar-refractivity contribution in [2.75, 3.05) is 25.0 Å². The van der Waals surface area contributed by atoms with Crippen LogP contribution in [0.4, 0.5) is 10.1 Å². The van der Waals surface area contributed by atoms with Crippen LogP contribution in [0.1, 0.15) is 12.5 Å². The van der Waals surface area contributed by atoms with E-state index in [0.29, 0.717) is 18.9 Å². The summed E-state index contributed by atoms with van der Waals surface area (Å²) in [6, 6.07) is 3.56. The fourth-order valence-electron chi connectivity index (χ4n) is 2.35. The van der Waals surface area contributed by atoms with Crippen molar-refractivity contribution in [1.82, 2.24) is 9.78 Å². The van der Waals surface area contributed by atoms with Gasteiger partial charge in [0.2, 0.25) is 0 Å². The number of methoxy groups -OCH3 is 1. The van der Waals surface area contributed by atoms with Gasteiger partial charge in [-0.2, -0.15) is 5.10 Å². The molecule has 1 fully saturated rings. The highest BCUT2D eigenvalue weighted by Gasteiger charge is 2.21. The topological polar surface area (TPSA) is 82.5 Å². The van der Waals surface area contributed by atoms with Crippen molar-refractivity contribution in [2.45, 2.75) is 17.4 Å². The van der Waals surface area contributed by atoms with E-state index in [1.807, 2.05) is 0 Å². The van der Waals surface area contributed by atoms with E-state index >= 15 is 0 Å². The first-order valence-electron chi connectivity index (χ1n) is 6.98. The number of aromatic nitrogens is 2. The van der Waals surface area contributed by atoms with Crippen LogP contribution in [0.15, 0.2) is 35.5 Å². The summed E-state index contributed by atoms with van der Waals surface area (Å²) in [5.41, 5.74) is 0.313. The minimum atomic E-state index is -3.90. The number of rotatable bonds is 5. The molecule has 124 valence electrons. The van der Waals surface area contributed by atoms with Crippen LogP contribution >= 0.6 is 0 Å². The van der Waals surface area contributed by atoms with Crippen LogP contribution in [-0.2, 0) is 14.8 Å². The molecule has 9 heteroatoms. The number of hydrogen-bond acceptors (Lipinski definition) is 5. The summed E-state index contributed by atoms with van der Waals surface area (Å²) in [6.45, 7) is 1.22. The Labute approximate surface area is 133 Å². The Balaban J connectivity index is 1.79. The molecule has 0 saturated carbocycles. The minimum absolute atomic E-state index is 0.0157. The number of halogens is 1. The van der Waals surface area contributed by atoms with Gasteiger partial charge in [0.25, 0.3) is 10.0 Å². The zero-order chi connectivity index (χ0) is 16.4. The molecule has 0 amide bonds. The second-order valence-electron chi connectivity index (χ2n) is 5.13. The number of sulfonamides is 1. The SMILES string of the molecule is COc1ccc(S(=O)(=O)Nc2cnn([C@H]3CCOC3)c2)cc1F. The predicted octanol–water partition coefficient (Wildman–Crippen LogP) is 1.79. The van der Waals surface area contributed by atoms with Gasteiger partial charge in [0.1, 0.15) is 0 Å². The number of anilines is 1. The van der Waals surface area contributed by atoms with Gasteiger partial charge >= 0.3 is 0 Å². The van der Waals surface area contributed by atoms with Gasteiger partial charge in [0.05, 0.1) is 36.5 Å². The van der Waals surface area contributed by atoms with Gasteiger partial charge in [-0.15, -0.1) is 0 Å². The molecule has 1 atom stereocenters. The number of benzene rings is 1. The first-order chi connectivity index (χ1) is 11.0. The number of nitrogens with one attached hydrogen (secondary N) is 1. The molecule has 0 spiro atoms. The fraction of sp³-hybridized carbons (Fsp3) is 0.357. The molecule has 2 aromatic rings. The average molecular weight is 341 g/mol. The summed E-state index contributed by atoms with van der Waals surface area (Å²) in [5, 5.41) is 4.14. The lowest BCUT2D eigenvalue weighted by Gasteiger charge is -2.08. The van der Waals surface area contributed by atoms with Crippen molar-refractivity contribution in [3.05, 3.63) is 36.4 Å². The highest BCUT2D eigenvalue weighted by Crippen LogP contribution is 2.24. The van der Waals surface area contributed by atoms with Crippen molar-refractivity contribution in [2.24, 2.45) is 0 Å². The van der Waals surface area contributed by atoms with Crippen molar-refractivity contribution < 1.29 is 22.3 Å². The Kier molecular flexibility index (Phi) is 4.22. The van der Waals surface area contributed by atoms with E-state index in [1.165, 1.54) is 25.4 Å². The van der Waals surface area contributed by atoms with E-state index in [4.69, 9.17) is 9.47 Å². The monoisotopic (exact) mass is 341 g/mol. The molecule has 3 rings (SSSR count). The zero-order valence-corrected chi connectivity index (χ0v) is 13.2. The van der Waals surface area contributed by atoms with E-state index in [0.717, 1.165) is 12.5 Å².